The van der Waals surface area contributed by atoms with Crippen LogP contribution in [0, 0.1) is 39.0 Å². The molecule has 3 aromatic rings. The molecule has 0 aliphatic carbocycles. The van der Waals surface area contributed by atoms with E-state index in [0.717, 1.165) is 34.0 Å². The highest BCUT2D eigenvalue weighted by Crippen LogP contribution is 2.28. The summed E-state index contributed by atoms with van der Waals surface area (Å²) in [5, 5.41) is 16.6. The molecule has 0 aliphatic rings. The van der Waals surface area contributed by atoms with Crippen molar-refractivity contribution in [1.29, 1.82) is 5.26 Å². The SMILES string of the molecule is Cc1oc(-n2c(C)cc(/C=N\NC(=O)CNc3ccccc3)c2C)c(C#N)c1C. The van der Waals surface area contributed by atoms with Crippen LogP contribution in [0.25, 0.3) is 5.88 Å². The van der Waals surface area contributed by atoms with Gasteiger partial charge in [-0.1, -0.05) is 18.2 Å². The zero-order valence-electron chi connectivity index (χ0n) is 16.9. The van der Waals surface area contributed by atoms with Crippen LogP contribution in [0.15, 0.2) is 45.9 Å². The summed E-state index contributed by atoms with van der Waals surface area (Å²) in [7, 11) is 0. The second kappa shape index (κ2) is 8.48. The summed E-state index contributed by atoms with van der Waals surface area (Å²) in [4.78, 5) is 12.0. The first-order valence-electron chi connectivity index (χ1n) is 9.22. The molecule has 2 aromatic heterocycles. The minimum Gasteiger partial charge on any atom is -0.443 e. The molecule has 1 amide bonds. The van der Waals surface area contributed by atoms with Crippen LogP contribution in [-0.4, -0.2) is 23.2 Å². The van der Waals surface area contributed by atoms with Gasteiger partial charge in [0.25, 0.3) is 5.91 Å². The van der Waals surface area contributed by atoms with Gasteiger partial charge in [-0.25, -0.2) is 5.43 Å². The van der Waals surface area contributed by atoms with E-state index >= 15 is 0 Å². The maximum absolute atomic E-state index is 12.0. The van der Waals surface area contributed by atoms with E-state index in [9.17, 15) is 10.1 Å². The summed E-state index contributed by atoms with van der Waals surface area (Å²) in [6.45, 7) is 7.69. The summed E-state index contributed by atoms with van der Waals surface area (Å²) in [5.74, 6) is 0.980. The number of rotatable bonds is 6. The average Bonchev–Trinajstić information content (AvgIpc) is 3.15. The van der Waals surface area contributed by atoms with Crippen LogP contribution in [0.3, 0.4) is 0 Å². The highest BCUT2D eigenvalue weighted by molar-refractivity contribution is 5.85. The molecule has 3 rings (SSSR count). The second-order valence-corrected chi connectivity index (χ2v) is 6.75. The van der Waals surface area contributed by atoms with E-state index in [1.54, 1.807) is 6.21 Å². The Kier molecular flexibility index (Phi) is 5.84. The molecule has 0 atom stereocenters. The summed E-state index contributed by atoms with van der Waals surface area (Å²) >= 11 is 0. The van der Waals surface area contributed by atoms with Crippen LogP contribution in [0.2, 0.25) is 0 Å². The van der Waals surface area contributed by atoms with Gasteiger partial charge in [-0.15, -0.1) is 0 Å². The summed E-state index contributed by atoms with van der Waals surface area (Å²) in [6, 6.07) is 13.6. The van der Waals surface area contributed by atoms with E-state index < -0.39 is 0 Å². The molecule has 2 N–H and O–H groups in total. The number of aryl methyl sites for hydroxylation is 2. The van der Waals surface area contributed by atoms with Crippen molar-refractivity contribution < 1.29 is 9.21 Å². The first kappa shape index (κ1) is 20.0. The zero-order valence-corrected chi connectivity index (χ0v) is 16.9. The molecule has 29 heavy (non-hydrogen) atoms. The number of nitrogens with zero attached hydrogens (tertiary/aromatic N) is 3. The first-order valence-corrected chi connectivity index (χ1v) is 9.22. The van der Waals surface area contributed by atoms with Gasteiger partial charge in [0.2, 0.25) is 5.88 Å². The molecular formula is C22H23N5O2. The zero-order chi connectivity index (χ0) is 21.0. The van der Waals surface area contributed by atoms with Crippen LogP contribution in [0.5, 0.6) is 0 Å². The van der Waals surface area contributed by atoms with Gasteiger partial charge in [-0.05, 0) is 45.9 Å². The third-order valence-electron chi connectivity index (χ3n) is 4.77. The Morgan fingerprint density at radius 2 is 1.97 bits per heavy atom. The first-order chi connectivity index (χ1) is 13.9. The van der Waals surface area contributed by atoms with E-state index in [-0.39, 0.29) is 12.5 Å². The van der Waals surface area contributed by atoms with E-state index in [1.807, 2.05) is 68.7 Å². The Bertz CT molecular complexity index is 1100. The fourth-order valence-electron chi connectivity index (χ4n) is 3.08. The predicted molar refractivity (Wildman–Crippen MR) is 112 cm³/mol. The van der Waals surface area contributed by atoms with Gasteiger partial charge >= 0.3 is 0 Å². The van der Waals surface area contributed by atoms with E-state index in [0.29, 0.717) is 11.4 Å². The lowest BCUT2D eigenvalue weighted by molar-refractivity contribution is -0.119. The molecule has 0 unspecified atom stereocenters. The number of para-hydroxylation sites is 1. The summed E-state index contributed by atoms with van der Waals surface area (Å²) in [5.41, 5.74) is 7.35. The standard InChI is InChI=1S/C22H23N5O2/c1-14-10-18(12-25-26-21(28)13-24-19-8-6-5-7-9-19)16(3)27(14)22-20(11-23)15(2)17(4)29-22/h5-10,12,24H,13H2,1-4H3,(H,26,28)/b25-12-. The fraction of sp³-hybridized carbons (Fsp3) is 0.227. The molecule has 0 bridgehead atoms. The lowest BCUT2D eigenvalue weighted by atomic mass is 10.2. The van der Waals surface area contributed by atoms with Gasteiger partial charge in [-0.2, -0.15) is 10.4 Å². The number of carbonyl (C=O) groups excluding carboxylic acids is 1. The van der Waals surface area contributed by atoms with Crippen LogP contribution < -0.4 is 10.7 Å². The third-order valence-corrected chi connectivity index (χ3v) is 4.77. The summed E-state index contributed by atoms with van der Waals surface area (Å²) in [6.07, 6.45) is 1.59. The number of benzene rings is 1. The van der Waals surface area contributed by atoms with Crippen molar-refractivity contribution in [3.63, 3.8) is 0 Å². The van der Waals surface area contributed by atoms with Crippen LogP contribution in [0.1, 0.15) is 33.8 Å². The monoisotopic (exact) mass is 389 g/mol. The van der Waals surface area contributed by atoms with Crippen molar-refractivity contribution in [2.45, 2.75) is 27.7 Å². The molecule has 148 valence electrons. The van der Waals surface area contributed by atoms with Crippen molar-refractivity contribution in [3.8, 4) is 12.0 Å². The van der Waals surface area contributed by atoms with E-state index in [2.05, 4.69) is 21.9 Å². The second-order valence-electron chi connectivity index (χ2n) is 6.75. The minimum atomic E-state index is -0.247. The topological polar surface area (TPSA) is 95.3 Å². The molecule has 7 heteroatoms. The lowest BCUT2D eigenvalue weighted by Gasteiger charge is -2.06. The lowest BCUT2D eigenvalue weighted by Crippen LogP contribution is -2.25. The molecule has 7 nitrogen and oxygen atoms in total. The number of nitrogens with one attached hydrogen (secondary N) is 2. The Balaban J connectivity index is 1.71. The Labute approximate surface area is 169 Å². The largest absolute Gasteiger partial charge is 0.443 e. The molecule has 0 radical (unpaired) electrons. The molecule has 0 spiro atoms. The molecular weight excluding hydrogens is 366 g/mol. The van der Waals surface area contributed by atoms with Crippen LogP contribution in [-0.2, 0) is 4.79 Å². The van der Waals surface area contributed by atoms with Gasteiger partial charge in [0.05, 0.1) is 12.8 Å². The predicted octanol–water partition coefficient (Wildman–Crippen LogP) is 3.74. The highest BCUT2D eigenvalue weighted by Gasteiger charge is 2.20. The number of nitriles is 1. The van der Waals surface area contributed by atoms with E-state index in [4.69, 9.17) is 4.42 Å². The molecule has 0 aliphatic heterocycles. The summed E-state index contributed by atoms with van der Waals surface area (Å²) < 4.78 is 7.72. The Hall–Kier alpha value is -3.79. The number of furan rings is 1. The van der Waals surface area contributed by atoms with Gasteiger partial charge in [0.1, 0.15) is 17.4 Å². The van der Waals surface area contributed by atoms with Crippen molar-refractivity contribution in [3.05, 3.63) is 70.2 Å². The molecule has 0 fully saturated rings. The van der Waals surface area contributed by atoms with Gasteiger partial charge in [0.15, 0.2) is 0 Å². The third kappa shape index (κ3) is 4.22. The number of anilines is 1. The molecule has 2 heterocycles. The molecule has 0 saturated carbocycles. The van der Waals surface area contributed by atoms with E-state index in [1.165, 1.54) is 0 Å². The normalized spacial score (nSPS) is 10.9. The number of carbonyl (C=O) groups is 1. The van der Waals surface area contributed by atoms with Gasteiger partial charge in [-0.3, -0.25) is 9.36 Å². The number of hydrogen-bond donors (Lipinski definition) is 2. The van der Waals surface area contributed by atoms with Crippen molar-refractivity contribution in [2.24, 2.45) is 5.10 Å². The quantitative estimate of drug-likeness (QED) is 0.496. The number of amides is 1. The fourth-order valence-corrected chi connectivity index (χ4v) is 3.08. The highest BCUT2D eigenvalue weighted by atomic mass is 16.4. The molecule has 1 aromatic carbocycles. The minimum absolute atomic E-state index is 0.122. The smallest absolute Gasteiger partial charge is 0.259 e. The number of aromatic nitrogens is 1. The maximum atomic E-state index is 12.0. The van der Waals surface area contributed by atoms with Crippen molar-refractivity contribution in [1.82, 2.24) is 9.99 Å². The van der Waals surface area contributed by atoms with Gasteiger partial charge < -0.3 is 9.73 Å². The number of hydrogen-bond acceptors (Lipinski definition) is 5. The van der Waals surface area contributed by atoms with Gasteiger partial charge in [0, 0.05) is 28.2 Å². The average molecular weight is 389 g/mol. The maximum Gasteiger partial charge on any atom is 0.259 e. The molecule has 0 saturated heterocycles. The van der Waals surface area contributed by atoms with Crippen molar-refractivity contribution >= 4 is 17.8 Å². The Morgan fingerprint density at radius 1 is 1.24 bits per heavy atom. The van der Waals surface area contributed by atoms with Crippen molar-refractivity contribution in [2.75, 3.05) is 11.9 Å². The van der Waals surface area contributed by atoms with Crippen LogP contribution in [0.4, 0.5) is 5.69 Å². The number of hydrazone groups is 1. The Morgan fingerprint density at radius 3 is 2.66 bits per heavy atom. The van der Waals surface area contributed by atoms with Crippen LogP contribution >= 0.6 is 0 Å².